The third kappa shape index (κ3) is 5.83. The number of hydrogen-bond donors (Lipinski definition) is 0. The number of rotatable bonds is 2. The average molecular weight is 784 g/mol. The van der Waals surface area contributed by atoms with E-state index in [1.807, 2.05) is 54.2 Å². The van der Waals surface area contributed by atoms with Crippen molar-refractivity contribution in [2.45, 2.75) is 75.0 Å². The van der Waals surface area contributed by atoms with Crippen molar-refractivity contribution in [1.29, 1.82) is 0 Å². The fourth-order valence-corrected chi connectivity index (χ4v) is 7.64. The molecule has 0 N–H and O–H groups in total. The summed E-state index contributed by atoms with van der Waals surface area (Å²) in [5, 5.41) is 0. The Hall–Kier alpha value is -3.50. The summed E-state index contributed by atoms with van der Waals surface area (Å²) >= 11 is 1.88. The maximum absolute atomic E-state index is 4.22. The fourth-order valence-electron chi connectivity index (χ4n) is 6.55. The summed E-state index contributed by atoms with van der Waals surface area (Å²) in [6.45, 7) is 13.8. The van der Waals surface area contributed by atoms with Crippen LogP contribution in [0.5, 0.6) is 0 Å². The number of pyridine rings is 1. The Morgan fingerprint density at radius 1 is 0.822 bits per heavy atom. The average Bonchev–Trinajstić information content (AvgIpc) is 3.41. The summed E-state index contributed by atoms with van der Waals surface area (Å²) in [4.78, 5) is 6.79. The van der Waals surface area contributed by atoms with Gasteiger partial charge in [-0.05, 0) is 55.3 Å². The van der Waals surface area contributed by atoms with Crippen molar-refractivity contribution in [2.75, 3.05) is 0 Å². The molecule has 8 rings (SSSR count). The van der Waals surface area contributed by atoms with E-state index in [2.05, 4.69) is 117 Å². The molecule has 5 heteroatoms. The van der Waals surface area contributed by atoms with Gasteiger partial charge in [0.15, 0.2) is 0 Å². The van der Waals surface area contributed by atoms with Gasteiger partial charge >= 0.3 is 20.1 Å². The maximum atomic E-state index is 4.22. The van der Waals surface area contributed by atoms with E-state index >= 15 is 0 Å². The van der Waals surface area contributed by atoms with Gasteiger partial charge in [-0.3, -0.25) is 4.57 Å². The molecule has 226 valence electrons. The molecule has 0 fully saturated rings. The largest absolute Gasteiger partial charge is 3.00 e. The van der Waals surface area contributed by atoms with E-state index in [0.717, 1.165) is 22.6 Å². The van der Waals surface area contributed by atoms with Crippen LogP contribution in [0.3, 0.4) is 0 Å². The quantitative estimate of drug-likeness (QED) is 0.129. The second-order valence-electron chi connectivity index (χ2n) is 13.4. The van der Waals surface area contributed by atoms with Gasteiger partial charge in [0.05, 0.1) is 16.7 Å². The standard InChI is InChI=1S/C29H29N2S.C11H8N.Ir/c1-18-12-19(2)14-20(13-18)30-17-31-24-15-21-22(29(5,6)11-10-28(21,3)4)16-26(24)32-25-9-7-8-23(30)27(25)31;1-2-6-10(7-3-1)11-8-4-5-9-12-11;/h7-9,12-14,16H,10-11H2,1-6H3;1-6,8-9H;/q2*-1;+3. The molecule has 1 aliphatic heterocycles. The van der Waals surface area contributed by atoms with Crippen LogP contribution in [0.2, 0.25) is 0 Å². The summed E-state index contributed by atoms with van der Waals surface area (Å²) < 4.78 is 4.48. The molecule has 0 saturated carbocycles. The van der Waals surface area contributed by atoms with E-state index in [1.54, 1.807) is 6.20 Å². The molecule has 2 aliphatic rings. The van der Waals surface area contributed by atoms with Crippen LogP contribution >= 0.6 is 11.8 Å². The van der Waals surface area contributed by atoms with Crippen molar-refractivity contribution >= 4 is 22.8 Å². The van der Waals surface area contributed by atoms with Crippen molar-refractivity contribution in [2.24, 2.45) is 0 Å². The predicted octanol–water partition coefficient (Wildman–Crippen LogP) is 9.48. The summed E-state index contributed by atoms with van der Waals surface area (Å²) in [5.41, 5.74) is 12.4. The first kappa shape index (κ1) is 31.5. The predicted molar refractivity (Wildman–Crippen MR) is 180 cm³/mol. The van der Waals surface area contributed by atoms with E-state index in [4.69, 9.17) is 0 Å². The van der Waals surface area contributed by atoms with Crippen LogP contribution in [0.15, 0.2) is 101 Å². The second kappa shape index (κ2) is 12.0. The van der Waals surface area contributed by atoms with Crippen molar-refractivity contribution in [3.05, 3.63) is 132 Å². The molecule has 0 spiro atoms. The Labute approximate surface area is 285 Å². The number of aryl methyl sites for hydroxylation is 2. The number of para-hydroxylation sites is 1. The Balaban J connectivity index is 0.000000231. The van der Waals surface area contributed by atoms with Gasteiger partial charge in [-0.15, -0.1) is 41.5 Å². The topological polar surface area (TPSA) is 21.7 Å². The molecule has 1 aliphatic carbocycles. The fraction of sp³-hybridized carbons (Fsp3) is 0.250. The van der Waals surface area contributed by atoms with Crippen molar-refractivity contribution in [3.8, 4) is 22.6 Å². The van der Waals surface area contributed by atoms with E-state index in [0.29, 0.717) is 0 Å². The van der Waals surface area contributed by atoms with Crippen LogP contribution in [0.1, 0.15) is 62.8 Å². The van der Waals surface area contributed by atoms with E-state index < -0.39 is 0 Å². The van der Waals surface area contributed by atoms with Crippen LogP contribution in [-0.4, -0.2) is 9.55 Å². The Kier molecular flexibility index (Phi) is 8.41. The second-order valence-corrected chi connectivity index (χ2v) is 14.5. The van der Waals surface area contributed by atoms with Crippen LogP contribution in [0.25, 0.3) is 33.7 Å². The van der Waals surface area contributed by atoms with Crippen LogP contribution in [0.4, 0.5) is 0 Å². The van der Waals surface area contributed by atoms with E-state index in [1.165, 1.54) is 55.9 Å². The number of fused-ring (bicyclic) bond motifs is 3. The molecule has 2 aromatic heterocycles. The van der Waals surface area contributed by atoms with E-state index in [9.17, 15) is 0 Å². The minimum Gasteiger partial charge on any atom is -0.313 e. The molecule has 0 radical (unpaired) electrons. The minimum absolute atomic E-state index is 0. The van der Waals surface area contributed by atoms with Gasteiger partial charge in [-0.2, -0.15) is 29.5 Å². The molecule has 3 heterocycles. The Bertz CT molecular complexity index is 1950. The smallest absolute Gasteiger partial charge is 0.313 e. The van der Waals surface area contributed by atoms with Gasteiger partial charge in [0, 0.05) is 11.1 Å². The van der Waals surface area contributed by atoms with Crippen molar-refractivity contribution in [3.63, 3.8) is 0 Å². The molecule has 0 bridgehead atoms. The van der Waals surface area contributed by atoms with Crippen molar-refractivity contribution in [1.82, 2.24) is 9.55 Å². The van der Waals surface area contributed by atoms with Gasteiger partial charge < -0.3 is 9.55 Å². The number of benzene rings is 4. The minimum atomic E-state index is 0. The Morgan fingerprint density at radius 2 is 1.58 bits per heavy atom. The third-order valence-electron chi connectivity index (χ3n) is 9.00. The normalized spacial score (nSPS) is 15.2. The molecule has 45 heavy (non-hydrogen) atoms. The molecular weight excluding hydrogens is 747 g/mol. The molecule has 0 amide bonds. The van der Waals surface area contributed by atoms with E-state index in [-0.39, 0.29) is 30.9 Å². The number of aromatic nitrogens is 3. The molecule has 0 atom stereocenters. The van der Waals surface area contributed by atoms with Gasteiger partial charge in [0.25, 0.3) is 6.33 Å². The molecule has 3 nitrogen and oxygen atoms in total. The molecule has 0 unspecified atom stereocenters. The SMILES string of the molecule is Cc1cc(C)cc(-n2[c-][n+]3c4c(cccc42)Sc2cc4c([c-]c2-3)C(C)(C)CCC4(C)C)c1.[Ir+3].[c-]1ccccc1-c1ccccn1. The van der Waals surface area contributed by atoms with Crippen LogP contribution in [0, 0.1) is 32.3 Å². The third-order valence-corrected chi connectivity index (χ3v) is 10.1. The van der Waals surface area contributed by atoms with Crippen molar-refractivity contribution < 1.29 is 24.7 Å². The van der Waals surface area contributed by atoms with Crippen LogP contribution in [-0.2, 0) is 30.9 Å². The van der Waals surface area contributed by atoms with Gasteiger partial charge in [-0.25, -0.2) is 0 Å². The van der Waals surface area contributed by atoms with Crippen LogP contribution < -0.4 is 4.57 Å². The molecular formula is C40H37IrN3S+. The first-order chi connectivity index (χ1) is 21.1. The number of imidazole rings is 1. The zero-order chi connectivity index (χ0) is 30.6. The zero-order valence-corrected chi connectivity index (χ0v) is 29.9. The molecule has 4 aromatic carbocycles. The molecule has 6 aromatic rings. The Morgan fingerprint density at radius 3 is 2.29 bits per heavy atom. The first-order valence-electron chi connectivity index (χ1n) is 15.4. The number of nitrogens with zero attached hydrogens (tertiary/aromatic N) is 3. The van der Waals surface area contributed by atoms with Gasteiger partial charge in [0.1, 0.15) is 0 Å². The van der Waals surface area contributed by atoms with Gasteiger partial charge in [-0.1, -0.05) is 92.0 Å². The summed E-state index contributed by atoms with van der Waals surface area (Å²) in [7, 11) is 0. The first-order valence-corrected chi connectivity index (χ1v) is 16.2. The summed E-state index contributed by atoms with van der Waals surface area (Å²) in [5.74, 6) is 0. The molecule has 0 saturated heterocycles. The monoisotopic (exact) mass is 784 g/mol. The zero-order valence-electron chi connectivity index (χ0n) is 26.7. The van der Waals surface area contributed by atoms with Gasteiger partial charge in [0.2, 0.25) is 0 Å². The summed E-state index contributed by atoms with van der Waals surface area (Å²) in [6.07, 6.45) is 7.90. The maximum Gasteiger partial charge on any atom is 3.00 e. The number of hydrogen-bond acceptors (Lipinski definition) is 2. The summed E-state index contributed by atoms with van der Waals surface area (Å²) in [6, 6.07) is 36.5.